The first-order valence-corrected chi connectivity index (χ1v) is 11.0. The molecule has 1 unspecified atom stereocenters. The van der Waals surface area contributed by atoms with E-state index in [1.165, 1.54) is 16.2 Å². The molecule has 4 nitrogen and oxygen atoms in total. The quantitative estimate of drug-likeness (QED) is 0.439. The van der Waals surface area contributed by atoms with E-state index >= 15 is 0 Å². The number of nitrogens with zero attached hydrogens (tertiary/aromatic N) is 1. The Morgan fingerprint density at radius 2 is 1.90 bits per heavy atom. The van der Waals surface area contributed by atoms with E-state index in [9.17, 15) is 14.7 Å². The number of carbonyl (C=O) groups is 2. The second-order valence-corrected chi connectivity index (χ2v) is 10.0. The number of ketones is 1. The van der Waals surface area contributed by atoms with Gasteiger partial charge in [-0.05, 0) is 57.9 Å². The van der Waals surface area contributed by atoms with Gasteiger partial charge >= 0.3 is 0 Å². The number of aliphatic hydroxyl groups is 1. The number of fused-ring (bicyclic) bond motifs is 1. The predicted octanol–water partition coefficient (Wildman–Crippen LogP) is 5.82. The van der Waals surface area contributed by atoms with Gasteiger partial charge in [0, 0.05) is 15.6 Å². The molecule has 1 aromatic heterocycles. The predicted molar refractivity (Wildman–Crippen MR) is 119 cm³/mol. The first-order valence-electron chi connectivity index (χ1n) is 8.66. The Bertz CT molecular complexity index is 1130. The van der Waals surface area contributed by atoms with Gasteiger partial charge in [0.05, 0.1) is 27.3 Å². The SMILES string of the molecule is O=C(CC1(O)C(=O)N(Cc2ccccc2Cl)c2ccc(Cl)cc21)c1ccc(Br)s1. The molecule has 29 heavy (non-hydrogen) atoms. The first-order chi connectivity index (χ1) is 13.8. The molecule has 1 atom stereocenters. The van der Waals surface area contributed by atoms with E-state index < -0.39 is 11.5 Å². The molecule has 3 aromatic rings. The highest BCUT2D eigenvalue weighted by Gasteiger charge is 2.51. The van der Waals surface area contributed by atoms with Crippen molar-refractivity contribution in [3.8, 4) is 0 Å². The van der Waals surface area contributed by atoms with Crippen LogP contribution in [0.4, 0.5) is 5.69 Å². The summed E-state index contributed by atoms with van der Waals surface area (Å²) in [5, 5.41) is 12.3. The molecule has 2 heterocycles. The number of anilines is 1. The Morgan fingerprint density at radius 3 is 2.59 bits per heavy atom. The maximum absolute atomic E-state index is 13.3. The number of hydrogen-bond acceptors (Lipinski definition) is 4. The lowest BCUT2D eigenvalue weighted by Crippen LogP contribution is -2.41. The molecule has 0 radical (unpaired) electrons. The van der Waals surface area contributed by atoms with Crippen molar-refractivity contribution in [2.45, 2.75) is 18.6 Å². The number of hydrogen-bond donors (Lipinski definition) is 1. The Kier molecular flexibility index (Phi) is 5.57. The molecule has 0 saturated heterocycles. The summed E-state index contributed by atoms with van der Waals surface area (Å²) < 4.78 is 0.800. The summed E-state index contributed by atoms with van der Waals surface area (Å²) in [6.45, 7) is 0.175. The maximum Gasteiger partial charge on any atom is 0.264 e. The molecule has 8 heteroatoms. The third-order valence-corrected chi connectivity index (χ3v) is 7.11. The number of carbonyl (C=O) groups excluding carboxylic acids is 2. The van der Waals surface area contributed by atoms with E-state index in [1.807, 2.05) is 12.1 Å². The number of thiophene rings is 1. The number of rotatable bonds is 5. The lowest BCUT2D eigenvalue weighted by atomic mass is 9.89. The molecule has 0 bridgehead atoms. The molecule has 1 N–H and O–H groups in total. The minimum Gasteiger partial charge on any atom is -0.375 e. The smallest absolute Gasteiger partial charge is 0.264 e. The van der Waals surface area contributed by atoms with E-state index in [2.05, 4.69) is 15.9 Å². The molecule has 0 aliphatic carbocycles. The van der Waals surface area contributed by atoms with Crippen molar-refractivity contribution < 1.29 is 14.7 Å². The summed E-state index contributed by atoms with van der Waals surface area (Å²) in [6, 6.07) is 15.5. The van der Waals surface area contributed by atoms with Crippen molar-refractivity contribution in [2.75, 3.05) is 4.90 Å². The normalized spacial score (nSPS) is 18.2. The third kappa shape index (κ3) is 3.76. The van der Waals surface area contributed by atoms with Gasteiger partial charge in [-0.2, -0.15) is 0 Å². The second-order valence-electron chi connectivity index (χ2n) is 6.71. The van der Waals surface area contributed by atoms with E-state index in [0.717, 1.165) is 9.35 Å². The van der Waals surface area contributed by atoms with Crippen molar-refractivity contribution in [3.63, 3.8) is 0 Å². The van der Waals surface area contributed by atoms with Crippen molar-refractivity contribution in [1.29, 1.82) is 0 Å². The Hall–Kier alpha value is -1.70. The van der Waals surface area contributed by atoms with Crippen molar-refractivity contribution in [2.24, 2.45) is 0 Å². The fraction of sp³-hybridized carbons (Fsp3) is 0.143. The summed E-state index contributed by atoms with van der Waals surface area (Å²) >= 11 is 17.0. The van der Waals surface area contributed by atoms with Gasteiger partial charge in [0.2, 0.25) is 0 Å². The van der Waals surface area contributed by atoms with Crippen LogP contribution in [0.3, 0.4) is 0 Å². The molecule has 1 aliphatic heterocycles. The molecule has 1 aliphatic rings. The van der Waals surface area contributed by atoms with Crippen LogP contribution in [-0.4, -0.2) is 16.8 Å². The van der Waals surface area contributed by atoms with E-state index in [0.29, 0.717) is 26.2 Å². The van der Waals surface area contributed by atoms with Crippen LogP contribution in [0, 0.1) is 0 Å². The summed E-state index contributed by atoms with van der Waals surface area (Å²) in [5.74, 6) is -0.888. The zero-order valence-electron chi connectivity index (χ0n) is 14.9. The molecule has 0 saturated carbocycles. The molecule has 4 rings (SSSR count). The fourth-order valence-corrected chi connectivity index (χ4v) is 5.12. The van der Waals surface area contributed by atoms with Crippen LogP contribution in [0.2, 0.25) is 10.0 Å². The second kappa shape index (κ2) is 7.85. The van der Waals surface area contributed by atoms with Crippen LogP contribution >= 0.6 is 50.5 Å². The number of Topliss-reactive ketones (excluding diaryl/α,β-unsaturated/α-hetero) is 1. The Balaban J connectivity index is 1.73. The van der Waals surface area contributed by atoms with Gasteiger partial charge in [-0.1, -0.05) is 41.4 Å². The lowest BCUT2D eigenvalue weighted by molar-refractivity contribution is -0.136. The summed E-state index contributed by atoms with van der Waals surface area (Å²) in [4.78, 5) is 28.0. The Morgan fingerprint density at radius 1 is 1.14 bits per heavy atom. The highest BCUT2D eigenvalue weighted by molar-refractivity contribution is 9.11. The van der Waals surface area contributed by atoms with Crippen molar-refractivity contribution in [3.05, 3.63) is 84.4 Å². The van der Waals surface area contributed by atoms with Gasteiger partial charge in [-0.15, -0.1) is 11.3 Å². The average Bonchev–Trinajstić information content (AvgIpc) is 3.20. The number of benzene rings is 2. The van der Waals surface area contributed by atoms with Crippen LogP contribution < -0.4 is 4.90 Å². The monoisotopic (exact) mass is 509 g/mol. The zero-order chi connectivity index (χ0) is 20.8. The largest absolute Gasteiger partial charge is 0.375 e. The van der Waals surface area contributed by atoms with E-state index in [-0.39, 0.29) is 18.7 Å². The molecule has 0 fully saturated rings. The molecule has 1 amide bonds. The van der Waals surface area contributed by atoms with E-state index in [4.69, 9.17) is 23.2 Å². The summed E-state index contributed by atoms with van der Waals surface area (Å²) in [5.41, 5.74) is -0.413. The highest BCUT2D eigenvalue weighted by atomic mass is 79.9. The van der Waals surface area contributed by atoms with Crippen LogP contribution in [-0.2, 0) is 16.9 Å². The minimum absolute atomic E-state index is 0.175. The van der Waals surface area contributed by atoms with Crippen LogP contribution in [0.5, 0.6) is 0 Å². The molecular formula is C21H14BrCl2NO3S. The minimum atomic E-state index is -1.99. The number of halogens is 3. The highest BCUT2D eigenvalue weighted by Crippen LogP contribution is 2.45. The summed E-state index contributed by atoms with van der Waals surface area (Å²) in [6.07, 6.45) is -0.370. The molecule has 148 valence electrons. The fourth-order valence-electron chi connectivity index (χ4n) is 3.43. The van der Waals surface area contributed by atoms with Crippen molar-refractivity contribution >= 4 is 67.8 Å². The average molecular weight is 511 g/mol. The number of amides is 1. The van der Waals surface area contributed by atoms with Crippen LogP contribution in [0.25, 0.3) is 0 Å². The zero-order valence-corrected chi connectivity index (χ0v) is 18.8. The van der Waals surface area contributed by atoms with Gasteiger partial charge in [0.1, 0.15) is 0 Å². The molecule has 0 spiro atoms. The maximum atomic E-state index is 13.3. The first kappa shape index (κ1) is 20.6. The van der Waals surface area contributed by atoms with Crippen LogP contribution in [0.1, 0.15) is 27.2 Å². The van der Waals surface area contributed by atoms with Gasteiger partial charge in [-0.3, -0.25) is 9.59 Å². The lowest BCUT2D eigenvalue weighted by Gasteiger charge is -2.23. The third-order valence-electron chi connectivity index (χ3n) is 4.84. The summed E-state index contributed by atoms with van der Waals surface area (Å²) in [7, 11) is 0. The van der Waals surface area contributed by atoms with Gasteiger partial charge in [-0.25, -0.2) is 0 Å². The van der Waals surface area contributed by atoms with Gasteiger partial charge in [0.25, 0.3) is 5.91 Å². The topological polar surface area (TPSA) is 57.6 Å². The Labute approximate surface area is 189 Å². The van der Waals surface area contributed by atoms with Crippen molar-refractivity contribution in [1.82, 2.24) is 0 Å². The molecular weight excluding hydrogens is 497 g/mol. The van der Waals surface area contributed by atoms with Gasteiger partial charge < -0.3 is 10.0 Å². The molecule has 2 aromatic carbocycles. The van der Waals surface area contributed by atoms with E-state index in [1.54, 1.807) is 42.5 Å². The van der Waals surface area contributed by atoms with Gasteiger partial charge in [0.15, 0.2) is 11.4 Å². The van der Waals surface area contributed by atoms with Crippen LogP contribution in [0.15, 0.2) is 58.4 Å². The standard InChI is InChI=1S/C21H14BrCl2NO3S/c22-19-8-7-18(29-19)17(26)10-21(28)14-9-13(23)5-6-16(14)25(20(21)27)11-12-3-1-2-4-15(12)24/h1-9,28H,10-11H2.